The van der Waals surface area contributed by atoms with E-state index in [-0.39, 0.29) is 12.0 Å². The van der Waals surface area contributed by atoms with Crippen LogP contribution in [0, 0.1) is 13.8 Å². The number of aryl methyl sites for hydroxylation is 1. The Labute approximate surface area is 162 Å². The summed E-state index contributed by atoms with van der Waals surface area (Å²) < 4.78 is 5.27. The van der Waals surface area contributed by atoms with Crippen molar-refractivity contribution in [3.05, 3.63) is 33.6 Å². The molecule has 1 aliphatic heterocycles. The maximum atomic E-state index is 12.7. The molecule has 2 aromatic rings. The van der Waals surface area contributed by atoms with E-state index in [1.165, 1.54) is 16.2 Å². The van der Waals surface area contributed by atoms with Crippen molar-refractivity contribution in [2.45, 2.75) is 52.6 Å². The number of piperidine rings is 1. The summed E-state index contributed by atoms with van der Waals surface area (Å²) in [6.07, 6.45) is 3.82. The number of nitrogens with one attached hydrogen (secondary N) is 3. The lowest BCUT2D eigenvalue weighted by Crippen LogP contribution is -2.26. The Bertz CT molecular complexity index is 834. The number of hydrogen-bond acceptors (Lipinski definition) is 6. The molecule has 146 valence electrons. The number of aromatic nitrogens is 2. The zero-order chi connectivity index (χ0) is 19.6. The summed E-state index contributed by atoms with van der Waals surface area (Å²) in [7, 11) is 0. The minimum atomic E-state index is -0.419. The number of amides is 1. The van der Waals surface area contributed by atoms with E-state index in [0.29, 0.717) is 33.6 Å². The highest BCUT2D eigenvalue weighted by Crippen LogP contribution is 2.32. The molecule has 0 atom stereocenters. The lowest BCUT2D eigenvalue weighted by molar-refractivity contribution is 0.0376. The normalized spacial score (nSPS) is 15.1. The van der Waals surface area contributed by atoms with Crippen molar-refractivity contribution in [3.63, 3.8) is 0 Å². The molecule has 1 saturated heterocycles. The first kappa shape index (κ1) is 19.6. The standard InChI is InChI=1S/C19H26N4O3S/c1-10(2)26-18(25)15-11(3)16(22-12(15)4)17(24)23-19-21-9-14(27-19)13-5-7-20-8-6-13/h9-10,13,20,22H,5-8H2,1-4H3,(H,21,23,24). The predicted octanol–water partition coefficient (Wildman–Crippen LogP) is 3.37. The fraction of sp³-hybridized carbons (Fsp3) is 0.526. The van der Waals surface area contributed by atoms with Crippen LogP contribution < -0.4 is 10.6 Å². The number of aromatic amines is 1. The first-order valence-corrected chi connectivity index (χ1v) is 10.1. The number of carbonyl (C=O) groups excluding carboxylic acids is 2. The van der Waals surface area contributed by atoms with Gasteiger partial charge in [0.05, 0.1) is 11.7 Å². The van der Waals surface area contributed by atoms with Crippen molar-refractivity contribution in [3.8, 4) is 0 Å². The Hall–Kier alpha value is -2.19. The Balaban J connectivity index is 1.73. The van der Waals surface area contributed by atoms with Crippen molar-refractivity contribution in [2.75, 3.05) is 18.4 Å². The van der Waals surface area contributed by atoms with Crippen molar-refractivity contribution in [1.29, 1.82) is 0 Å². The number of anilines is 1. The van der Waals surface area contributed by atoms with E-state index in [2.05, 4.69) is 20.6 Å². The number of thiazole rings is 1. The molecule has 1 aliphatic rings. The molecule has 0 bridgehead atoms. The zero-order valence-corrected chi connectivity index (χ0v) is 17.0. The van der Waals surface area contributed by atoms with Gasteiger partial charge in [0, 0.05) is 16.8 Å². The van der Waals surface area contributed by atoms with Gasteiger partial charge in [-0.1, -0.05) is 0 Å². The average molecular weight is 391 g/mol. The molecule has 3 heterocycles. The first-order valence-electron chi connectivity index (χ1n) is 9.24. The highest BCUT2D eigenvalue weighted by Gasteiger charge is 2.24. The van der Waals surface area contributed by atoms with E-state index in [1.54, 1.807) is 27.7 Å². The molecule has 3 N–H and O–H groups in total. The van der Waals surface area contributed by atoms with Gasteiger partial charge in [-0.15, -0.1) is 11.3 Å². The molecule has 0 saturated carbocycles. The van der Waals surface area contributed by atoms with Crippen LogP contribution in [0.1, 0.15) is 69.6 Å². The van der Waals surface area contributed by atoms with Gasteiger partial charge in [-0.2, -0.15) is 0 Å². The topological polar surface area (TPSA) is 96.1 Å². The summed E-state index contributed by atoms with van der Waals surface area (Å²) in [6, 6.07) is 0. The Kier molecular flexibility index (Phi) is 5.96. The SMILES string of the molecule is Cc1[nH]c(C(=O)Nc2ncc(C3CCNCC3)s2)c(C)c1C(=O)OC(C)C. The third-order valence-corrected chi connectivity index (χ3v) is 5.77. The molecule has 0 aliphatic carbocycles. The van der Waals surface area contributed by atoms with Crippen LogP contribution in [0.25, 0.3) is 0 Å². The zero-order valence-electron chi connectivity index (χ0n) is 16.1. The third-order valence-electron chi connectivity index (χ3n) is 4.70. The van der Waals surface area contributed by atoms with Crippen LogP contribution in [0.5, 0.6) is 0 Å². The quantitative estimate of drug-likeness (QED) is 0.680. The molecule has 1 fully saturated rings. The van der Waals surface area contributed by atoms with Crippen molar-refractivity contribution in [2.24, 2.45) is 0 Å². The minimum absolute atomic E-state index is 0.216. The van der Waals surface area contributed by atoms with Crippen LogP contribution in [0.2, 0.25) is 0 Å². The molecular formula is C19H26N4O3S. The van der Waals surface area contributed by atoms with Crippen LogP contribution in [0.15, 0.2) is 6.20 Å². The third kappa shape index (κ3) is 4.39. The largest absolute Gasteiger partial charge is 0.459 e. The van der Waals surface area contributed by atoms with Crippen molar-refractivity contribution in [1.82, 2.24) is 15.3 Å². The monoisotopic (exact) mass is 390 g/mol. The first-order chi connectivity index (χ1) is 12.9. The van der Waals surface area contributed by atoms with Crippen LogP contribution in [0.3, 0.4) is 0 Å². The van der Waals surface area contributed by atoms with Crippen LogP contribution in [-0.4, -0.2) is 41.0 Å². The number of hydrogen-bond donors (Lipinski definition) is 3. The summed E-state index contributed by atoms with van der Waals surface area (Å²) in [5.74, 6) is -0.218. The smallest absolute Gasteiger partial charge is 0.340 e. The number of esters is 1. The second-order valence-corrected chi connectivity index (χ2v) is 8.19. The molecule has 0 spiro atoms. The van der Waals surface area contributed by atoms with Gasteiger partial charge in [0.25, 0.3) is 5.91 Å². The summed E-state index contributed by atoms with van der Waals surface area (Å²) in [4.78, 5) is 33.5. The average Bonchev–Trinajstić information content (AvgIpc) is 3.19. The number of carbonyl (C=O) groups is 2. The maximum Gasteiger partial charge on any atom is 0.340 e. The van der Waals surface area contributed by atoms with Gasteiger partial charge in [-0.05, 0) is 65.1 Å². The van der Waals surface area contributed by atoms with E-state index >= 15 is 0 Å². The predicted molar refractivity (Wildman–Crippen MR) is 106 cm³/mol. The fourth-order valence-electron chi connectivity index (χ4n) is 3.36. The maximum absolute atomic E-state index is 12.7. The van der Waals surface area contributed by atoms with Crippen LogP contribution in [0.4, 0.5) is 5.13 Å². The van der Waals surface area contributed by atoms with Crippen LogP contribution in [-0.2, 0) is 4.74 Å². The molecule has 27 heavy (non-hydrogen) atoms. The highest BCUT2D eigenvalue weighted by molar-refractivity contribution is 7.15. The van der Waals surface area contributed by atoms with Crippen molar-refractivity contribution < 1.29 is 14.3 Å². The lowest BCUT2D eigenvalue weighted by Gasteiger charge is -2.20. The molecule has 3 rings (SSSR count). The molecular weight excluding hydrogens is 364 g/mol. The summed E-state index contributed by atoms with van der Waals surface area (Å²) >= 11 is 1.52. The number of ether oxygens (including phenoxy) is 1. The Morgan fingerprint density at radius 1 is 1.30 bits per heavy atom. The number of H-pyrrole nitrogens is 1. The fourth-order valence-corrected chi connectivity index (χ4v) is 4.34. The van der Waals surface area contributed by atoms with E-state index in [1.807, 2.05) is 6.20 Å². The summed E-state index contributed by atoms with van der Waals surface area (Å²) in [5.41, 5.74) is 1.99. The van der Waals surface area contributed by atoms with E-state index in [9.17, 15) is 9.59 Å². The molecule has 8 heteroatoms. The second-order valence-electron chi connectivity index (χ2n) is 7.13. The van der Waals surface area contributed by atoms with Crippen LogP contribution >= 0.6 is 11.3 Å². The lowest BCUT2D eigenvalue weighted by atomic mass is 9.97. The van der Waals surface area contributed by atoms with E-state index < -0.39 is 5.97 Å². The van der Waals surface area contributed by atoms with Gasteiger partial charge in [-0.25, -0.2) is 9.78 Å². The Morgan fingerprint density at radius 2 is 2.00 bits per heavy atom. The van der Waals surface area contributed by atoms with Crippen molar-refractivity contribution >= 4 is 28.3 Å². The molecule has 0 aromatic carbocycles. The second kappa shape index (κ2) is 8.22. The summed E-state index contributed by atoms with van der Waals surface area (Å²) in [6.45, 7) is 9.13. The summed E-state index contributed by atoms with van der Waals surface area (Å²) in [5, 5.41) is 6.78. The highest BCUT2D eigenvalue weighted by atomic mass is 32.1. The van der Waals surface area contributed by atoms with Gasteiger partial charge in [-0.3, -0.25) is 10.1 Å². The van der Waals surface area contributed by atoms with Gasteiger partial charge in [0.15, 0.2) is 5.13 Å². The minimum Gasteiger partial charge on any atom is -0.459 e. The van der Waals surface area contributed by atoms with Gasteiger partial charge >= 0.3 is 5.97 Å². The number of rotatable bonds is 5. The van der Waals surface area contributed by atoms with Gasteiger partial charge in [0.1, 0.15) is 5.69 Å². The molecule has 2 aromatic heterocycles. The van der Waals surface area contributed by atoms with Gasteiger partial charge in [0.2, 0.25) is 0 Å². The molecule has 7 nitrogen and oxygen atoms in total. The molecule has 0 unspecified atom stereocenters. The molecule has 0 radical (unpaired) electrons. The Morgan fingerprint density at radius 3 is 2.67 bits per heavy atom. The molecule has 1 amide bonds. The van der Waals surface area contributed by atoms with E-state index in [4.69, 9.17) is 4.74 Å². The van der Waals surface area contributed by atoms with E-state index in [0.717, 1.165) is 25.9 Å². The van der Waals surface area contributed by atoms with Gasteiger partial charge < -0.3 is 15.0 Å². The number of nitrogens with zero attached hydrogens (tertiary/aromatic N) is 1.